The molecule has 0 fully saturated rings. The fourth-order valence-electron chi connectivity index (χ4n) is 0.903. The average Bonchev–Trinajstić information content (AvgIpc) is 1.99. The van der Waals surface area contributed by atoms with Crippen LogP contribution in [0.1, 0.15) is 26.2 Å². The van der Waals surface area contributed by atoms with E-state index in [9.17, 15) is 9.59 Å². The molecule has 0 aromatic heterocycles. The third-order valence-corrected chi connectivity index (χ3v) is 1.90. The van der Waals surface area contributed by atoms with Crippen LogP contribution in [0, 0.1) is 0 Å². The second kappa shape index (κ2) is 6.88. The van der Waals surface area contributed by atoms with E-state index in [0.717, 1.165) is 0 Å². The molecule has 76 valence electrons. The lowest BCUT2D eigenvalue weighted by Gasteiger charge is -2.14. The van der Waals surface area contributed by atoms with Gasteiger partial charge in [0.1, 0.15) is 6.10 Å². The maximum Gasteiger partial charge on any atom is 0.303 e. The fraction of sp³-hybridized carbons (Fsp3) is 0.750. The summed E-state index contributed by atoms with van der Waals surface area (Å²) < 4.78 is 4.91. The second-order valence-electron chi connectivity index (χ2n) is 2.64. The number of carboxylic acid groups (broad SMARTS) is 1. The Labute approximate surface area is 85.4 Å². The van der Waals surface area contributed by atoms with Crippen molar-refractivity contribution in [3.63, 3.8) is 0 Å². The molecule has 0 aromatic rings. The van der Waals surface area contributed by atoms with Gasteiger partial charge in [0.25, 0.3) is 0 Å². The molecule has 4 nitrogen and oxygen atoms in total. The third kappa shape index (κ3) is 7.77. The highest BCUT2D eigenvalue weighted by Crippen LogP contribution is 2.09. The van der Waals surface area contributed by atoms with Crippen molar-refractivity contribution < 1.29 is 19.4 Å². The predicted octanol–water partition coefficient (Wildman–Crippen LogP) is 1.57. The van der Waals surface area contributed by atoms with Crippen LogP contribution in [0.25, 0.3) is 0 Å². The van der Waals surface area contributed by atoms with E-state index in [2.05, 4.69) is 15.9 Å². The van der Waals surface area contributed by atoms with Crippen LogP contribution in [0.5, 0.6) is 0 Å². The van der Waals surface area contributed by atoms with Gasteiger partial charge in [-0.3, -0.25) is 9.59 Å². The van der Waals surface area contributed by atoms with Gasteiger partial charge >= 0.3 is 11.9 Å². The van der Waals surface area contributed by atoms with E-state index in [-0.39, 0.29) is 18.5 Å². The molecule has 5 heteroatoms. The van der Waals surface area contributed by atoms with E-state index < -0.39 is 5.97 Å². The zero-order valence-corrected chi connectivity index (χ0v) is 9.04. The number of carbonyl (C=O) groups is 2. The van der Waals surface area contributed by atoms with Gasteiger partial charge in [-0.1, -0.05) is 15.9 Å². The van der Waals surface area contributed by atoms with E-state index in [1.807, 2.05) is 0 Å². The van der Waals surface area contributed by atoms with Gasteiger partial charge in [0.05, 0.1) is 0 Å². The van der Waals surface area contributed by atoms with Crippen LogP contribution in [0.2, 0.25) is 0 Å². The maximum atomic E-state index is 10.6. The summed E-state index contributed by atoms with van der Waals surface area (Å²) in [4.78, 5) is 20.8. The van der Waals surface area contributed by atoms with Crippen molar-refractivity contribution in [2.24, 2.45) is 0 Å². The largest absolute Gasteiger partial charge is 0.481 e. The number of esters is 1. The van der Waals surface area contributed by atoms with E-state index >= 15 is 0 Å². The summed E-state index contributed by atoms with van der Waals surface area (Å²) in [5, 5.41) is 9.11. The summed E-state index contributed by atoms with van der Waals surface area (Å²) in [7, 11) is 0. The molecule has 0 amide bonds. The molecular weight excluding hydrogens is 240 g/mol. The summed E-state index contributed by atoms with van der Waals surface area (Å²) in [6.45, 7) is 1.32. The Morgan fingerprint density at radius 3 is 2.46 bits per heavy atom. The van der Waals surface area contributed by atoms with Gasteiger partial charge in [-0.15, -0.1) is 0 Å². The molecule has 0 radical (unpaired) electrons. The minimum atomic E-state index is -0.869. The lowest BCUT2D eigenvalue weighted by atomic mass is 10.1. The van der Waals surface area contributed by atoms with Gasteiger partial charge in [0, 0.05) is 18.7 Å². The van der Waals surface area contributed by atoms with E-state index in [0.29, 0.717) is 18.2 Å². The minimum Gasteiger partial charge on any atom is -0.481 e. The number of aliphatic carboxylic acids is 1. The number of carbonyl (C=O) groups excluding carboxylic acids is 1. The van der Waals surface area contributed by atoms with Crippen molar-refractivity contribution in [2.45, 2.75) is 32.3 Å². The molecule has 0 saturated heterocycles. The Morgan fingerprint density at radius 1 is 1.46 bits per heavy atom. The van der Waals surface area contributed by atoms with Crippen LogP contribution < -0.4 is 0 Å². The molecule has 1 N–H and O–H groups in total. The molecule has 0 rings (SSSR count). The molecule has 0 aliphatic carbocycles. The zero-order chi connectivity index (χ0) is 10.3. The summed E-state index contributed by atoms with van der Waals surface area (Å²) >= 11 is 3.21. The topological polar surface area (TPSA) is 63.6 Å². The van der Waals surface area contributed by atoms with Crippen molar-refractivity contribution in [3.8, 4) is 0 Å². The van der Waals surface area contributed by atoms with Crippen molar-refractivity contribution in [3.05, 3.63) is 0 Å². The van der Waals surface area contributed by atoms with Crippen molar-refractivity contribution >= 4 is 27.9 Å². The van der Waals surface area contributed by atoms with E-state index in [1.165, 1.54) is 6.92 Å². The SMILES string of the molecule is CC(=O)OC(CCBr)CCC(=O)O. The van der Waals surface area contributed by atoms with Crippen LogP contribution in [0.15, 0.2) is 0 Å². The summed E-state index contributed by atoms with van der Waals surface area (Å²) in [6, 6.07) is 0. The number of rotatable bonds is 6. The normalized spacial score (nSPS) is 12.2. The highest BCUT2D eigenvalue weighted by atomic mass is 79.9. The first-order valence-electron chi connectivity index (χ1n) is 4.01. The van der Waals surface area contributed by atoms with E-state index in [1.54, 1.807) is 0 Å². The van der Waals surface area contributed by atoms with Gasteiger partial charge in [0.2, 0.25) is 0 Å². The van der Waals surface area contributed by atoms with Gasteiger partial charge in [0.15, 0.2) is 0 Å². The standard InChI is InChI=1S/C8H13BrO4/c1-6(10)13-7(4-5-9)2-3-8(11)12/h7H,2-5H2,1H3,(H,11,12). The van der Waals surface area contributed by atoms with Crippen LogP contribution >= 0.6 is 15.9 Å². The number of hydrogen-bond donors (Lipinski definition) is 1. The summed E-state index contributed by atoms with van der Waals surface area (Å²) in [5.74, 6) is -1.23. The molecule has 0 aliphatic rings. The molecule has 0 heterocycles. The Kier molecular flexibility index (Phi) is 6.58. The van der Waals surface area contributed by atoms with Crippen LogP contribution in [0.3, 0.4) is 0 Å². The number of carboxylic acids is 1. The molecule has 13 heavy (non-hydrogen) atoms. The maximum absolute atomic E-state index is 10.6. The number of alkyl halides is 1. The Balaban J connectivity index is 3.79. The Hall–Kier alpha value is -0.580. The lowest BCUT2D eigenvalue weighted by Crippen LogP contribution is -2.18. The molecule has 0 aromatic carbocycles. The quantitative estimate of drug-likeness (QED) is 0.576. The molecular formula is C8H13BrO4. The van der Waals surface area contributed by atoms with Gasteiger partial charge in [-0.2, -0.15) is 0 Å². The first-order chi connectivity index (χ1) is 6.06. The predicted molar refractivity (Wildman–Crippen MR) is 50.8 cm³/mol. The van der Waals surface area contributed by atoms with Crippen LogP contribution in [-0.2, 0) is 14.3 Å². The average molecular weight is 253 g/mol. The Morgan fingerprint density at radius 2 is 2.08 bits per heavy atom. The number of hydrogen-bond acceptors (Lipinski definition) is 3. The summed E-state index contributed by atoms with van der Waals surface area (Å²) in [5.41, 5.74) is 0. The highest BCUT2D eigenvalue weighted by Gasteiger charge is 2.12. The van der Waals surface area contributed by atoms with Crippen LogP contribution in [0.4, 0.5) is 0 Å². The first-order valence-corrected chi connectivity index (χ1v) is 5.13. The number of ether oxygens (including phenoxy) is 1. The van der Waals surface area contributed by atoms with E-state index in [4.69, 9.17) is 9.84 Å². The zero-order valence-electron chi connectivity index (χ0n) is 7.46. The Bertz CT molecular complexity index is 181. The third-order valence-electron chi connectivity index (χ3n) is 1.44. The molecule has 0 saturated carbocycles. The molecule has 1 unspecified atom stereocenters. The highest BCUT2D eigenvalue weighted by molar-refractivity contribution is 9.09. The monoisotopic (exact) mass is 252 g/mol. The molecule has 1 atom stereocenters. The van der Waals surface area contributed by atoms with Crippen molar-refractivity contribution in [1.29, 1.82) is 0 Å². The minimum absolute atomic E-state index is 0.0327. The van der Waals surface area contributed by atoms with Gasteiger partial charge < -0.3 is 9.84 Å². The first kappa shape index (κ1) is 12.4. The van der Waals surface area contributed by atoms with Crippen molar-refractivity contribution in [1.82, 2.24) is 0 Å². The fourth-order valence-corrected chi connectivity index (χ4v) is 1.41. The van der Waals surface area contributed by atoms with Crippen molar-refractivity contribution in [2.75, 3.05) is 5.33 Å². The smallest absolute Gasteiger partial charge is 0.303 e. The number of halogens is 1. The molecule has 0 spiro atoms. The lowest BCUT2D eigenvalue weighted by molar-refractivity contribution is -0.148. The van der Waals surface area contributed by atoms with Gasteiger partial charge in [-0.25, -0.2) is 0 Å². The molecule has 0 bridgehead atoms. The van der Waals surface area contributed by atoms with Gasteiger partial charge in [-0.05, 0) is 12.8 Å². The summed E-state index contributed by atoms with van der Waals surface area (Å²) in [6.07, 6.45) is 0.770. The van der Waals surface area contributed by atoms with Crippen LogP contribution in [-0.4, -0.2) is 28.5 Å². The second-order valence-corrected chi connectivity index (χ2v) is 3.43. The molecule has 0 aliphatic heterocycles.